The molecular formula is C13H28N2O. The summed E-state index contributed by atoms with van der Waals surface area (Å²) >= 11 is 0. The Morgan fingerprint density at radius 2 is 2.00 bits per heavy atom. The van der Waals surface area contributed by atoms with Gasteiger partial charge in [-0.15, -0.1) is 0 Å². The fourth-order valence-corrected chi connectivity index (χ4v) is 2.76. The Hall–Kier alpha value is -0.120. The standard InChI is InChI=1S/C13H28N2O/c1-11(2)15-10-12(6-9-16)14(5)8-7-13(15,3)4/h11-12,16H,6-10H2,1-5H3. The molecule has 1 heterocycles. The molecule has 3 heteroatoms. The molecule has 96 valence electrons. The van der Waals surface area contributed by atoms with Crippen molar-refractivity contribution >= 4 is 0 Å². The monoisotopic (exact) mass is 228 g/mol. The number of likely N-dealkylation sites (N-methyl/N-ethyl adjacent to an activating group) is 1. The molecule has 1 saturated heterocycles. The minimum atomic E-state index is 0.270. The number of aliphatic hydroxyl groups is 1. The van der Waals surface area contributed by atoms with Crippen LogP contribution in [0.2, 0.25) is 0 Å². The number of rotatable bonds is 3. The van der Waals surface area contributed by atoms with Crippen LogP contribution >= 0.6 is 0 Å². The maximum Gasteiger partial charge on any atom is 0.0446 e. The Kier molecular flexibility index (Phi) is 4.77. The Labute approximate surface area is 100 Å². The summed E-state index contributed by atoms with van der Waals surface area (Å²) in [4.78, 5) is 4.98. The lowest BCUT2D eigenvalue weighted by atomic mass is 9.97. The van der Waals surface area contributed by atoms with E-state index in [4.69, 9.17) is 5.11 Å². The van der Waals surface area contributed by atoms with Crippen LogP contribution in [0.5, 0.6) is 0 Å². The molecule has 1 N–H and O–H groups in total. The van der Waals surface area contributed by atoms with Crippen LogP contribution in [-0.4, -0.2) is 59.3 Å². The summed E-state index contributed by atoms with van der Waals surface area (Å²) in [6, 6.07) is 1.07. The molecule has 1 aliphatic heterocycles. The van der Waals surface area contributed by atoms with Crippen LogP contribution in [0.15, 0.2) is 0 Å². The minimum Gasteiger partial charge on any atom is -0.396 e. The van der Waals surface area contributed by atoms with Gasteiger partial charge >= 0.3 is 0 Å². The van der Waals surface area contributed by atoms with E-state index in [0.29, 0.717) is 18.7 Å². The van der Waals surface area contributed by atoms with Gasteiger partial charge in [0.05, 0.1) is 0 Å². The fraction of sp³-hybridized carbons (Fsp3) is 1.00. The lowest BCUT2D eigenvalue weighted by Crippen LogP contribution is -2.50. The van der Waals surface area contributed by atoms with Crippen molar-refractivity contribution in [2.24, 2.45) is 0 Å². The second-order valence-electron chi connectivity index (χ2n) is 5.96. The van der Waals surface area contributed by atoms with Crippen molar-refractivity contribution in [3.05, 3.63) is 0 Å². The fourth-order valence-electron chi connectivity index (χ4n) is 2.76. The molecule has 0 saturated carbocycles. The highest BCUT2D eigenvalue weighted by atomic mass is 16.3. The van der Waals surface area contributed by atoms with E-state index >= 15 is 0 Å². The van der Waals surface area contributed by atoms with Gasteiger partial charge in [0.25, 0.3) is 0 Å². The molecule has 1 fully saturated rings. The second-order valence-corrected chi connectivity index (χ2v) is 5.96. The van der Waals surface area contributed by atoms with E-state index in [1.165, 1.54) is 6.42 Å². The van der Waals surface area contributed by atoms with E-state index in [0.717, 1.165) is 19.5 Å². The molecule has 0 aromatic heterocycles. The summed E-state index contributed by atoms with van der Waals surface area (Å²) in [5, 5.41) is 9.14. The summed E-state index contributed by atoms with van der Waals surface area (Å²) in [5.41, 5.74) is 0.270. The summed E-state index contributed by atoms with van der Waals surface area (Å²) in [5.74, 6) is 0. The topological polar surface area (TPSA) is 26.7 Å². The maximum atomic E-state index is 9.14. The zero-order valence-electron chi connectivity index (χ0n) is 11.5. The van der Waals surface area contributed by atoms with Crippen LogP contribution in [-0.2, 0) is 0 Å². The van der Waals surface area contributed by atoms with Gasteiger partial charge < -0.3 is 10.0 Å². The lowest BCUT2D eigenvalue weighted by molar-refractivity contribution is 0.0752. The highest BCUT2D eigenvalue weighted by molar-refractivity contribution is 4.91. The van der Waals surface area contributed by atoms with E-state index < -0.39 is 0 Å². The van der Waals surface area contributed by atoms with Crippen molar-refractivity contribution in [2.45, 2.75) is 58.2 Å². The third-order valence-electron chi connectivity index (χ3n) is 3.97. The van der Waals surface area contributed by atoms with Gasteiger partial charge in [0.1, 0.15) is 0 Å². The van der Waals surface area contributed by atoms with Gasteiger partial charge in [0.2, 0.25) is 0 Å². The first-order chi connectivity index (χ1) is 7.38. The molecule has 1 unspecified atom stereocenters. The van der Waals surface area contributed by atoms with Gasteiger partial charge in [-0.05, 0) is 54.1 Å². The van der Waals surface area contributed by atoms with Gasteiger partial charge in [-0.2, -0.15) is 0 Å². The predicted octanol–water partition coefficient (Wildman–Crippen LogP) is 1.56. The molecule has 0 radical (unpaired) electrons. The Bertz CT molecular complexity index is 216. The number of hydrogen-bond acceptors (Lipinski definition) is 3. The van der Waals surface area contributed by atoms with Gasteiger partial charge in [-0.1, -0.05) is 0 Å². The first-order valence-corrected chi connectivity index (χ1v) is 6.46. The van der Waals surface area contributed by atoms with Crippen LogP contribution in [0.4, 0.5) is 0 Å². The molecule has 1 aliphatic rings. The summed E-state index contributed by atoms with van der Waals surface area (Å²) in [6.45, 7) is 11.7. The minimum absolute atomic E-state index is 0.270. The SMILES string of the molecule is CC(C)N1CC(CCO)N(C)CCC1(C)C. The van der Waals surface area contributed by atoms with Crippen LogP contribution in [0.3, 0.4) is 0 Å². The smallest absolute Gasteiger partial charge is 0.0446 e. The summed E-state index contributed by atoms with van der Waals surface area (Å²) in [6.07, 6.45) is 2.08. The van der Waals surface area contributed by atoms with Gasteiger partial charge in [-0.3, -0.25) is 4.90 Å². The number of nitrogens with zero attached hydrogens (tertiary/aromatic N) is 2. The second kappa shape index (κ2) is 5.48. The van der Waals surface area contributed by atoms with Crippen LogP contribution < -0.4 is 0 Å². The molecule has 0 spiro atoms. The zero-order valence-corrected chi connectivity index (χ0v) is 11.5. The third kappa shape index (κ3) is 3.19. The number of hydrogen-bond donors (Lipinski definition) is 1. The predicted molar refractivity (Wildman–Crippen MR) is 68.7 cm³/mol. The van der Waals surface area contributed by atoms with E-state index in [1.807, 2.05) is 0 Å². The van der Waals surface area contributed by atoms with Crippen LogP contribution in [0, 0.1) is 0 Å². The van der Waals surface area contributed by atoms with Crippen molar-refractivity contribution in [3.8, 4) is 0 Å². The Morgan fingerprint density at radius 3 is 2.50 bits per heavy atom. The van der Waals surface area contributed by atoms with Gasteiger partial charge in [0, 0.05) is 30.8 Å². The molecule has 0 aromatic rings. The number of aliphatic hydroxyl groups excluding tert-OH is 1. The van der Waals surface area contributed by atoms with Crippen molar-refractivity contribution in [2.75, 3.05) is 26.7 Å². The summed E-state index contributed by atoms with van der Waals surface area (Å²) < 4.78 is 0. The highest BCUT2D eigenvalue weighted by Crippen LogP contribution is 2.27. The average molecular weight is 228 g/mol. The quantitative estimate of drug-likeness (QED) is 0.794. The first-order valence-electron chi connectivity index (χ1n) is 6.46. The molecule has 0 bridgehead atoms. The first kappa shape index (κ1) is 13.9. The van der Waals surface area contributed by atoms with Crippen molar-refractivity contribution in [3.63, 3.8) is 0 Å². The molecule has 0 amide bonds. The van der Waals surface area contributed by atoms with Crippen molar-refractivity contribution in [1.29, 1.82) is 0 Å². The Balaban J connectivity index is 2.79. The van der Waals surface area contributed by atoms with Crippen LogP contribution in [0.25, 0.3) is 0 Å². The molecule has 1 rings (SSSR count). The van der Waals surface area contributed by atoms with E-state index in [9.17, 15) is 0 Å². The zero-order chi connectivity index (χ0) is 12.3. The molecule has 3 nitrogen and oxygen atoms in total. The van der Waals surface area contributed by atoms with Crippen molar-refractivity contribution in [1.82, 2.24) is 9.80 Å². The molecule has 0 aliphatic carbocycles. The molecule has 1 atom stereocenters. The van der Waals surface area contributed by atoms with Gasteiger partial charge in [0.15, 0.2) is 0 Å². The lowest BCUT2D eigenvalue weighted by Gasteiger charge is -2.41. The highest BCUT2D eigenvalue weighted by Gasteiger charge is 2.34. The normalized spacial score (nSPS) is 28.3. The van der Waals surface area contributed by atoms with E-state index in [2.05, 4.69) is 44.5 Å². The largest absolute Gasteiger partial charge is 0.396 e. The Morgan fingerprint density at radius 1 is 1.38 bits per heavy atom. The molecule has 16 heavy (non-hydrogen) atoms. The van der Waals surface area contributed by atoms with E-state index in [1.54, 1.807) is 0 Å². The maximum absolute atomic E-state index is 9.14. The third-order valence-corrected chi connectivity index (χ3v) is 3.97. The molecular weight excluding hydrogens is 200 g/mol. The molecule has 0 aromatic carbocycles. The van der Waals surface area contributed by atoms with Crippen LogP contribution in [0.1, 0.15) is 40.5 Å². The van der Waals surface area contributed by atoms with Crippen molar-refractivity contribution < 1.29 is 5.11 Å². The average Bonchev–Trinajstić information content (AvgIpc) is 2.29. The summed E-state index contributed by atoms with van der Waals surface area (Å²) in [7, 11) is 2.18. The van der Waals surface area contributed by atoms with E-state index in [-0.39, 0.29) is 5.54 Å². The van der Waals surface area contributed by atoms with Gasteiger partial charge in [-0.25, -0.2) is 0 Å².